The number of carbonyl (C=O) groups is 1. The van der Waals surface area contributed by atoms with Crippen LogP contribution in [-0.2, 0) is 9.53 Å². The minimum atomic E-state index is -0.0139. The summed E-state index contributed by atoms with van der Waals surface area (Å²) in [6, 6.07) is 0. The average molecular weight is 169 g/mol. The lowest BCUT2D eigenvalue weighted by Crippen LogP contribution is -2.51. The number of esters is 1. The minimum absolute atomic E-state index is 0.0139. The number of methoxy groups -OCH3 is 1. The van der Waals surface area contributed by atoms with Crippen LogP contribution in [0.25, 0.3) is 0 Å². The van der Waals surface area contributed by atoms with Gasteiger partial charge in [-0.3, -0.25) is 4.79 Å². The lowest BCUT2D eigenvalue weighted by atomic mass is 9.62. The normalized spacial score (nSPS) is 39.6. The molecule has 0 amide bonds. The van der Waals surface area contributed by atoms with Crippen LogP contribution >= 0.6 is 0 Å². The van der Waals surface area contributed by atoms with Gasteiger partial charge in [-0.05, 0) is 37.8 Å². The molecular formula is C9H15NO2. The number of ether oxygens (including phenoxy) is 1. The molecule has 2 aliphatic rings. The van der Waals surface area contributed by atoms with Gasteiger partial charge < -0.3 is 10.1 Å². The van der Waals surface area contributed by atoms with Crippen molar-refractivity contribution in [1.82, 2.24) is 5.32 Å². The van der Waals surface area contributed by atoms with Crippen molar-refractivity contribution in [2.45, 2.75) is 12.8 Å². The highest BCUT2D eigenvalue weighted by molar-refractivity contribution is 5.73. The van der Waals surface area contributed by atoms with Crippen LogP contribution in [0.4, 0.5) is 0 Å². The van der Waals surface area contributed by atoms with E-state index in [2.05, 4.69) is 5.32 Å². The maximum Gasteiger partial charge on any atom is 0.309 e. The summed E-state index contributed by atoms with van der Waals surface area (Å²) in [7, 11) is 1.48. The molecule has 0 aromatic carbocycles. The first-order valence-corrected chi connectivity index (χ1v) is 4.61. The number of hydrogen-bond donors (Lipinski definition) is 1. The molecule has 12 heavy (non-hydrogen) atoms. The van der Waals surface area contributed by atoms with Crippen molar-refractivity contribution in [2.24, 2.45) is 17.8 Å². The lowest BCUT2D eigenvalue weighted by Gasteiger charge is -2.46. The molecule has 0 bridgehead atoms. The summed E-state index contributed by atoms with van der Waals surface area (Å²) < 4.78 is 4.74. The number of piperidine rings is 1. The number of fused-ring (bicyclic) bond motifs is 1. The van der Waals surface area contributed by atoms with Crippen molar-refractivity contribution < 1.29 is 9.53 Å². The second-order valence-corrected chi connectivity index (χ2v) is 3.78. The monoisotopic (exact) mass is 169 g/mol. The molecule has 1 heterocycles. The van der Waals surface area contributed by atoms with Gasteiger partial charge in [0.1, 0.15) is 0 Å². The zero-order valence-corrected chi connectivity index (χ0v) is 7.38. The largest absolute Gasteiger partial charge is 0.469 e. The van der Waals surface area contributed by atoms with E-state index in [1.807, 2.05) is 0 Å². The minimum Gasteiger partial charge on any atom is -0.469 e. The molecule has 3 atom stereocenters. The van der Waals surface area contributed by atoms with Gasteiger partial charge in [-0.15, -0.1) is 0 Å². The molecule has 1 aliphatic heterocycles. The third-order valence-corrected chi connectivity index (χ3v) is 3.25. The molecule has 1 aliphatic carbocycles. The Morgan fingerprint density at radius 2 is 2.42 bits per heavy atom. The predicted octanol–water partition coefficient (Wildman–Crippen LogP) is 0.405. The number of rotatable bonds is 1. The van der Waals surface area contributed by atoms with Gasteiger partial charge in [0.05, 0.1) is 13.0 Å². The van der Waals surface area contributed by atoms with Gasteiger partial charge >= 0.3 is 5.97 Å². The third-order valence-electron chi connectivity index (χ3n) is 3.25. The molecule has 3 nitrogen and oxygen atoms in total. The zero-order valence-electron chi connectivity index (χ0n) is 7.38. The topological polar surface area (TPSA) is 38.3 Å². The zero-order chi connectivity index (χ0) is 8.55. The first-order chi connectivity index (χ1) is 5.83. The highest BCUT2D eigenvalue weighted by Gasteiger charge is 2.46. The van der Waals surface area contributed by atoms with E-state index in [1.165, 1.54) is 13.5 Å². The lowest BCUT2D eigenvalue weighted by molar-refractivity contribution is -0.156. The second kappa shape index (κ2) is 3.05. The third kappa shape index (κ3) is 1.12. The van der Waals surface area contributed by atoms with Gasteiger partial charge in [-0.1, -0.05) is 0 Å². The van der Waals surface area contributed by atoms with Gasteiger partial charge in [-0.25, -0.2) is 0 Å². The van der Waals surface area contributed by atoms with Crippen molar-refractivity contribution in [3.05, 3.63) is 0 Å². The highest BCUT2D eigenvalue weighted by Crippen LogP contribution is 2.44. The fraction of sp³-hybridized carbons (Fsp3) is 0.889. The van der Waals surface area contributed by atoms with E-state index in [9.17, 15) is 4.79 Å². The van der Waals surface area contributed by atoms with Crippen LogP contribution in [0.5, 0.6) is 0 Å². The van der Waals surface area contributed by atoms with Crippen molar-refractivity contribution in [2.75, 3.05) is 20.2 Å². The van der Waals surface area contributed by atoms with Crippen LogP contribution in [0.1, 0.15) is 12.8 Å². The predicted molar refractivity (Wildman–Crippen MR) is 44.6 cm³/mol. The summed E-state index contributed by atoms with van der Waals surface area (Å²) in [4.78, 5) is 11.2. The highest BCUT2D eigenvalue weighted by atomic mass is 16.5. The smallest absolute Gasteiger partial charge is 0.309 e. The van der Waals surface area contributed by atoms with E-state index in [4.69, 9.17) is 4.74 Å². The Bertz CT molecular complexity index is 193. The summed E-state index contributed by atoms with van der Waals surface area (Å²) >= 11 is 0. The molecule has 1 saturated heterocycles. The molecule has 1 N–H and O–H groups in total. The van der Waals surface area contributed by atoms with Crippen LogP contribution in [0.3, 0.4) is 0 Å². The SMILES string of the molecule is COC(=O)[C@@H]1C[C@H]2CCNC[C@H]21. The molecule has 3 heteroatoms. The number of hydrogen-bond acceptors (Lipinski definition) is 3. The molecule has 0 aromatic heterocycles. The van der Waals surface area contributed by atoms with E-state index >= 15 is 0 Å². The molecule has 0 aromatic rings. The molecular weight excluding hydrogens is 154 g/mol. The fourth-order valence-corrected chi connectivity index (χ4v) is 2.43. The van der Waals surface area contributed by atoms with Crippen LogP contribution < -0.4 is 5.32 Å². The Labute approximate surface area is 72.5 Å². The van der Waals surface area contributed by atoms with Crippen LogP contribution in [0, 0.1) is 17.8 Å². The quantitative estimate of drug-likeness (QED) is 0.578. The van der Waals surface area contributed by atoms with Gasteiger partial charge in [0, 0.05) is 0 Å². The molecule has 0 spiro atoms. The van der Waals surface area contributed by atoms with Crippen LogP contribution in [0.2, 0.25) is 0 Å². The number of carbonyl (C=O) groups excluding carboxylic acids is 1. The number of nitrogens with one attached hydrogen (secondary N) is 1. The summed E-state index contributed by atoms with van der Waals surface area (Å²) in [5.41, 5.74) is 0. The standard InChI is InChI=1S/C9H15NO2/c1-12-9(11)7-4-6-2-3-10-5-8(6)7/h6-8,10H,2-5H2,1H3/t6-,7-,8-/m1/s1. The Morgan fingerprint density at radius 1 is 1.58 bits per heavy atom. The molecule has 0 radical (unpaired) electrons. The summed E-state index contributed by atoms with van der Waals surface area (Å²) in [6.45, 7) is 2.12. The summed E-state index contributed by atoms with van der Waals surface area (Å²) in [5.74, 6) is 1.52. The Balaban J connectivity index is 1.92. The van der Waals surface area contributed by atoms with E-state index in [0.717, 1.165) is 25.4 Å². The maximum absolute atomic E-state index is 11.2. The first-order valence-electron chi connectivity index (χ1n) is 4.61. The van der Waals surface area contributed by atoms with E-state index in [1.54, 1.807) is 0 Å². The van der Waals surface area contributed by atoms with Crippen molar-refractivity contribution in [1.29, 1.82) is 0 Å². The Kier molecular flexibility index (Phi) is 2.05. The fourth-order valence-electron chi connectivity index (χ4n) is 2.43. The Morgan fingerprint density at radius 3 is 3.08 bits per heavy atom. The summed E-state index contributed by atoms with van der Waals surface area (Å²) in [5, 5.41) is 3.32. The van der Waals surface area contributed by atoms with Crippen molar-refractivity contribution in [3.8, 4) is 0 Å². The molecule has 1 saturated carbocycles. The van der Waals surface area contributed by atoms with E-state index < -0.39 is 0 Å². The van der Waals surface area contributed by atoms with Gasteiger partial charge in [0.15, 0.2) is 0 Å². The first kappa shape index (κ1) is 8.05. The average Bonchev–Trinajstić information content (AvgIpc) is 2.07. The van der Waals surface area contributed by atoms with Crippen LogP contribution in [-0.4, -0.2) is 26.2 Å². The molecule has 68 valence electrons. The Hall–Kier alpha value is -0.570. The van der Waals surface area contributed by atoms with Crippen molar-refractivity contribution >= 4 is 5.97 Å². The van der Waals surface area contributed by atoms with Crippen molar-refractivity contribution in [3.63, 3.8) is 0 Å². The van der Waals surface area contributed by atoms with E-state index in [0.29, 0.717) is 5.92 Å². The van der Waals surface area contributed by atoms with Gasteiger partial charge in [0.2, 0.25) is 0 Å². The van der Waals surface area contributed by atoms with E-state index in [-0.39, 0.29) is 11.9 Å². The molecule has 0 unspecified atom stereocenters. The maximum atomic E-state index is 11.2. The van der Waals surface area contributed by atoms with Gasteiger partial charge in [-0.2, -0.15) is 0 Å². The summed E-state index contributed by atoms with van der Waals surface area (Å²) in [6.07, 6.45) is 2.29. The van der Waals surface area contributed by atoms with Crippen LogP contribution in [0.15, 0.2) is 0 Å². The molecule has 2 fully saturated rings. The second-order valence-electron chi connectivity index (χ2n) is 3.78. The molecule has 2 rings (SSSR count). The van der Waals surface area contributed by atoms with Gasteiger partial charge in [0.25, 0.3) is 0 Å².